The van der Waals surface area contributed by atoms with E-state index in [2.05, 4.69) is 33.8 Å². The fourth-order valence-corrected chi connectivity index (χ4v) is 2.43. The number of aryl methyl sites for hydroxylation is 1. The zero-order valence-corrected chi connectivity index (χ0v) is 11.2. The van der Waals surface area contributed by atoms with Gasteiger partial charge >= 0.3 is 0 Å². The molecule has 0 unspecified atom stereocenters. The van der Waals surface area contributed by atoms with Crippen LogP contribution in [-0.2, 0) is 6.42 Å². The number of hydrogen-bond acceptors (Lipinski definition) is 4. The molecule has 0 bridgehead atoms. The van der Waals surface area contributed by atoms with Gasteiger partial charge in [-0.3, -0.25) is 9.88 Å². The molecule has 0 atom stereocenters. The van der Waals surface area contributed by atoms with Gasteiger partial charge in [-0.15, -0.1) is 0 Å². The highest BCUT2D eigenvalue weighted by Crippen LogP contribution is 2.17. The average Bonchev–Trinajstić information content (AvgIpc) is 2.41. The molecule has 2 rings (SSSR count). The van der Waals surface area contributed by atoms with Crippen LogP contribution in [-0.4, -0.2) is 54.3 Å². The maximum atomic E-state index is 8.93. The Morgan fingerprint density at radius 3 is 2.72 bits per heavy atom. The van der Waals surface area contributed by atoms with Crippen molar-refractivity contribution in [3.63, 3.8) is 0 Å². The van der Waals surface area contributed by atoms with Crippen molar-refractivity contribution in [1.29, 1.82) is 0 Å². The second-order valence-electron chi connectivity index (χ2n) is 4.81. The number of aromatic nitrogens is 1. The number of aliphatic hydroxyl groups is 1. The Bertz CT molecular complexity index is 362. The van der Waals surface area contributed by atoms with Crippen molar-refractivity contribution in [3.8, 4) is 0 Å². The second kappa shape index (κ2) is 6.71. The van der Waals surface area contributed by atoms with Crippen molar-refractivity contribution in [1.82, 2.24) is 9.88 Å². The van der Waals surface area contributed by atoms with E-state index < -0.39 is 0 Å². The van der Waals surface area contributed by atoms with Crippen molar-refractivity contribution in [3.05, 3.63) is 24.0 Å². The molecule has 1 N–H and O–H groups in total. The number of pyridine rings is 1. The van der Waals surface area contributed by atoms with E-state index in [4.69, 9.17) is 5.11 Å². The van der Waals surface area contributed by atoms with Gasteiger partial charge in [0.25, 0.3) is 0 Å². The molecule has 4 nitrogen and oxygen atoms in total. The summed E-state index contributed by atoms with van der Waals surface area (Å²) in [6.07, 6.45) is 4.11. The Balaban J connectivity index is 1.94. The Morgan fingerprint density at radius 1 is 1.28 bits per heavy atom. The largest absolute Gasteiger partial charge is 0.395 e. The third kappa shape index (κ3) is 3.43. The first-order chi connectivity index (χ1) is 8.83. The highest BCUT2D eigenvalue weighted by Gasteiger charge is 2.16. The lowest BCUT2D eigenvalue weighted by Crippen LogP contribution is -2.47. The molecular formula is C14H23N3O. The van der Waals surface area contributed by atoms with Gasteiger partial charge in [-0.05, 0) is 18.6 Å². The molecule has 1 aliphatic heterocycles. The van der Waals surface area contributed by atoms with Crippen molar-refractivity contribution < 1.29 is 5.11 Å². The van der Waals surface area contributed by atoms with Gasteiger partial charge in [0.2, 0.25) is 0 Å². The van der Waals surface area contributed by atoms with Crippen LogP contribution >= 0.6 is 0 Å². The van der Waals surface area contributed by atoms with Crippen LogP contribution in [0.4, 0.5) is 5.69 Å². The predicted octanol–water partition coefficient (Wildman–Crippen LogP) is 1.15. The molecule has 1 fully saturated rings. The molecule has 0 amide bonds. The van der Waals surface area contributed by atoms with Crippen LogP contribution in [0.3, 0.4) is 0 Å². The number of piperazine rings is 1. The Kier molecular flexibility index (Phi) is 4.96. The maximum absolute atomic E-state index is 8.93. The molecule has 1 aromatic heterocycles. The molecule has 1 aromatic rings. The molecule has 4 heteroatoms. The zero-order valence-electron chi connectivity index (χ0n) is 11.2. The summed E-state index contributed by atoms with van der Waals surface area (Å²) in [5, 5.41) is 8.93. The van der Waals surface area contributed by atoms with Crippen LogP contribution in [0.2, 0.25) is 0 Å². The lowest BCUT2D eigenvalue weighted by atomic mass is 10.2. The quantitative estimate of drug-likeness (QED) is 0.850. The molecule has 0 spiro atoms. The molecule has 0 aromatic carbocycles. The predicted molar refractivity (Wildman–Crippen MR) is 74.0 cm³/mol. The van der Waals surface area contributed by atoms with Gasteiger partial charge in [-0.1, -0.05) is 13.3 Å². The maximum Gasteiger partial charge on any atom is 0.0558 e. The average molecular weight is 249 g/mol. The van der Waals surface area contributed by atoms with Crippen molar-refractivity contribution >= 4 is 5.69 Å². The van der Waals surface area contributed by atoms with Crippen LogP contribution in [0.25, 0.3) is 0 Å². The highest BCUT2D eigenvalue weighted by atomic mass is 16.3. The third-order valence-corrected chi connectivity index (χ3v) is 3.46. The first-order valence-electron chi connectivity index (χ1n) is 6.86. The molecule has 2 heterocycles. The number of β-amino-alcohol motifs (C(OH)–C–C–N with tert-alkyl or cyclic N) is 1. The van der Waals surface area contributed by atoms with Crippen molar-refractivity contribution in [2.45, 2.75) is 19.8 Å². The van der Waals surface area contributed by atoms with E-state index in [-0.39, 0.29) is 6.61 Å². The lowest BCUT2D eigenvalue weighted by Gasteiger charge is -2.35. The van der Waals surface area contributed by atoms with Crippen LogP contribution in [0.1, 0.15) is 19.0 Å². The molecule has 18 heavy (non-hydrogen) atoms. The van der Waals surface area contributed by atoms with Crippen molar-refractivity contribution in [2.75, 3.05) is 44.2 Å². The number of aliphatic hydroxyl groups excluding tert-OH is 1. The van der Waals surface area contributed by atoms with Crippen LogP contribution in [0.15, 0.2) is 18.3 Å². The summed E-state index contributed by atoms with van der Waals surface area (Å²) in [5.41, 5.74) is 2.48. The van der Waals surface area contributed by atoms with Gasteiger partial charge in [-0.2, -0.15) is 0 Å². The van der Waals surface area contributed by atoms with Crippen LogP contribution in [0, 0.1) is 0 Å². The van der Waals surface area contributed by atoms with E-state index in [1.165, 1.54) is 11.4 Å². The summed E-state index contributed by atoms with van der Waals surface area (Å²) in [5.74, 6) is 0. The van der Waals surface area contributed by atoms with Gasteiger partial charge < -0.3 is 10.0 Å². The third-order valence-electron chi connectivity index (χ3n) is 3.46. The molecule has 1 saturated heterocycles. The van der Waals surface area contributed by atoms with E-state index in [1.54, 1.807) is 0 Å². The first-order valence-corrected chi connectivity index (χ1v) is 6.86. The number of anilines is 1. The summed E-state index contributed by atoms with van der Waals surface area (Å²) in [7, 11) is 0. The minimum absolute atomic E-state index is 0.260. The lowest BCUT2D eigenvalue weighted by molar-refractivity contribution is 0.189. The number of nitrogens with zero attached hydrogens (tertiary/aromatic N) is 3. The van der Waals surface area contributed by atoms with E-state index >= 15 is 0 Å². The normalized spacial score (nSPS) is 17.1. The summed E-state index contributed by atoms with van der Waals surface area (Å²) in [6, 6.07) is 4.31. The summed E-state index contributed by atoms with van der Waals surface area (Å²) in [4.78, 5) is 9.12. The second-order valence-corrected chi connectivity index (χ2v) is 4.81. The summed E-state index contributed by atoms with van der Waals surface area (Å²) < 4.78 is 0. The van der Waals surface area contributed by atoms with Gasteiger partial charge in [0.15, 0.2) is 0 Å². The Labute approximate surface area is 109 Å². The molecular weight excluding hydrogens is 226 g/mol. The van der Waals surface area contributed by atoms with Gasteiger partial charge in [-0.25, -0.2) is 0 Å². The highest BCUT2D eigenvalue weighted by molar-refractivity contribution is 5.47. The fourth-order valence-electron chi connectivity index (χ4n) is 2.43. The first kappa shape index (κ1) is 13.3. The van der Waals surface area contributed by atoms with Gasteiger partial charge in [0.05, 0.1) is 6.61 Å². The minimum Gasteiger partial charge on any atom is -0.395 e. The summed E-state index contributed by atoms with van der Waals surface area (Å²) >= 11 is 0. The molecule has 0 saturated carbocycles. The smallest absolute Gasteiger partial charge is 0.0558 e. The van der Waals surface area contributed by atoms with Crippen molar-refractivity contribution in [2.24, 2.45) is 0 Å². The standard InChI is InChI=1S/C14H23N3O/c1-2-3-13-12-14(4-5-15-13)17-8-6-16(7-9-17)10-11-18/h4-5,12,18H,2-3,6-11H2,1H3. The van der Waals surface area contributed by atoms with E-state index in [0.29, 0.717) is 0 Å². The molecule has 1 aliphatic rings. The molecule has 100 valence electrons. The number of rotatable bonds is 5. The minimum atomic E-state index is 0.260. The monoisotopic (exact) mass is 249 g/mol. The van der Waals surface area contributed by atoms with E-state index in [0.717, 1.165) is 45.6 Å². The Hall–Kier alpha value is -1.13. The van der Waals surface area contributed by atoms with E-state index in [1.807, 2.05) is 6.20 Å². The zero-order chi connectivity index (χ0) is 12.8. The van der Waals surface area contributed by atoms with Gasteiger partial charge in [0, 0.05) is 50.3 Å². The fraction of sp³-hybridized carbons (Fsp3) is 0.643. The van der Waals surface area contributed by atoms with Crippen LogP contribution in [0.5, 0.6) is 0 Å². The SMILES string of the molecule is CCCc1cc(N2CCN(CCO)CC2)ccn1. The summed E-state index contributed by atoms with van der Waals surface area (Å²) in [6.45, 7) is 7.38. The molecule has 0 radical (unpaired) electrons. The number of hydrogen-bond donors (Lipinski definition) is 1. The van der Waals surface area contributed by atoms with Gasteiger partial charge in [0.1, 0.15) is 0 Å². The Morgan fingerprint density at radius 2 is 2.06 bits per heavy atom. The molecule has 0 aliphatic carbocycles. The van der Waals surface area contributed by atoms with Crippen LogP contribution < -0.4 is 4.90 Å². The van der Waals surface area contributed by atoms with E-state index in [9.17, 15) is 0 Å². The topological polar surface area (TPSA) is 39.6 Å².